The number of carboxylic acid groups (broad SMARTS) is 1. The van der Waals surface area contributed by atoms with Gasteiger partial charge in [0.15, 0.2) is 5.96 Å². The molecule has 11 N–H and O–H groups in total. The molecule has 4 atom stereocenters. The lowest BCUT2D eigenvalue weighted by Gasteiger charge is -2.26. The number of aliphatic imine (C=N–C) groups is 1. The third kappa shape index (κ3) is 14.6. The summed E-state index contributed by atoms with van der Waals surface area (Å²) >= 11 is 0. The SMILES string of the molecule is C#CCC(=O)NCCCC[C@@H]1NC(=O)[C@H](Cc2ccccc2)NC(=O)[C@H](CC(=O)O)NC(=O)CNC(=O)[C@@H](CCCN=C(N)N)NC1=O. The number of carboxylic acids is 1. The molecule has 0 aromatic heterocycles. The van der Waals surface area contributed by atoms with E-state index in [4.69, 9.17) is 17.9 Å². The molecule has 0 bridgehead atoms. The molecule has 48 heavy (non-hydrogen) atoms. The molecule has 1 aliphatic heterocycles. The molecule has 260 valence electrons. The molecule has 1 aromatic carbocycles. The Morgan fingerprint density at radius 3 is 2.10 bits per heavy atom. The first-order chi connectivity index (χ1) is 22.9. The fourth-order valence-electron chi connectivity index (χ4n) is 4.69. The number of hydrogen-bond acceptors (Lipinski definition) is 8. The number of guanidine groups is 1. The van der Waals surface area contributed by atoms with E-state index in [2.05, 4.69) is 42.8 Å². The smallest absolute Gasteiger partial charge is 0.305 e. The Kier molecular flexibility index (Phi) is 16.4. The second-order valence-electron chi connectivity index (χ2n) is 11.0. The molecule has 1 aromatic rings. The first-order valence-electron chi connectivity index (χ1n) is 15.4. The molecule has 0 radical (unpaired) electrons. The molecule has 1 fully saturated rings. The largest absolute Gasteiger partial charge is 0.481 e. The fourth-order valence-corrected chi connectivity index (χ4v) is 4.69. The zero-order valence-electron chi connectivity index (χ0n) is 26.5. The van der Waals surface area contributed by atoms with Crippen molar-refractivity contribution in [1.82, 2.24) is 31.9 Å². The first kappa shape index (κ1) is 38.5. The molecule has 0 unspecified atom stereocenters. The molecule has 17 nitrogen and oxygen atoms in total. The number of carbonyl (C=O) groups excluding carboxylic acids is 6. The van der Waals surface area contributed by atoms with E-state index in [0.717, 1.165) is 0 Å². The number of carbonyl (C=O) groups is 7. The summed E-state index contributed by atoms with van der Waals surface area (Å²) in [4.78, 5) is 93.6. The van der Waals surface area contributed by atoms with Crippen LogP contribution >= 0.6 is 0 Å². The van der Waals surface area contributed by atoms with Crippen LogP contribution in [0.5, 0.6) is 0 Å². The van der Waals surface area contributed by atoms with Crippen LogP contribution in [0.4, 0.5) is 0 Å². The van der Waals surface area contributed by atoms with E-state index in [-0.39, 0.29) is 57.1 Å². The van der Waals surface area contributed by atoms with Gasteiger partial charge in [0.1, 0.15) is 24.2 Å². The zero-order valence-corrected chi connectivity index (χ0v) is 26.5. The lowest BCUT2D eigenvalue weighted by atomic mass is 10.0. The van der Waals surface area contributed by atoms with E-state index in [9.17, 15) is 38.7 Å². The molecule has 2 rings (SSSR count). The first-order valence-corrected chi connectivity index (χ1v) is 15.4. The number of aliphatic carboxylic acids is 1. The van der Waals surface area contributed by atoms with Crippen LogP contribution in [0, 0.1) is 12.3 Å². The van der Waals surface area contributed by atoms with Crippen LogP contribution in [0.2, 0.25) is 0 Å². The van der Waals surface area contributed by atoms with Crippen molar-refractivity contribution in [3.8, 4) is 12.3 Å². The van der Waals surface area contributed by atoms with Crippen molar-refractivity contribution in [3.05, 3.63) is 35.9 Å². The lowest BCUT2D eigenvalue weighted by Crippen LogP contribution is -2.58. The van der Waals surface area contributed by atoms with Crippen LogP contribution in [0.3, 0.4) is 0 Å². The van der Waals surface area contributed by atoms with Crippen LogP contribution in [0.15, 0.2) is 35.3 Å². The van der Waals surface area contributed by atoms with E-state index in [0.29, 0.717) is 18.4 Å². The van der Waals surface area contributed by atoms with Gasteiger partial charge in [0.05, 0.1) is 19.4 Å². The summed E-state index contributed by atoms with van der Waals surface area (Å²) in [5.41, 5.74) is 11.4. The molecular weight excluding hydrogens is 626 g/mol. The lowest BCUT2D eigenvalue weighted by molar-refractivity contribution is -0.141. The Hall–Kier alpha value is -5.66. The predicted molar refractivity (Wildman–Crippen MR) is 173 cm³/mol. The van der Waals surface area contributed by atoms with Crippen LogP contribution in [0.25, 0.3) is 0 Å². The highest BCUT2D eigenvalue weighted by molar-refractivity contribution is 5.98. The third-order valence-corrected chi connectivity index (χ3v) is 7.08. The van der Waals surface area contributed by atoms with Crippen molar-refractivity contribution in [2.24, 2.45) is 16.5 Å². The van der Waals surface area contributed by atoms with E-state index < -0.39 is 72.6 Å². The summed E-state index contributed by atoms with van der Waals surface area (Å²) in [7, 11) is 0. The Labute approximate surface area is 277 Å². The van der Waals surface area contributed by atoms with Gasteiger partial charge in [0, 0.05) is 19.5 Å². The molecular formula is C31H43N9O8. The number of nitrogens with one attached hydrogen (secondary N) is 6. The fraction of sp³-hybridized carbons (Fsp3) is 0.484. The van der Waals surface area contributed by atoms with Crippen molar-refractivity contribution < 1.29 is 38.7 Å². The van der Waals surface area contributed by atoms with E-state index in [1.807, 2.05) is 0 Å². The van der Waals surface area contributed by atoms with Crippen molar-refractivity contribution >= 4 is 47.4 Å². The topological polar surface area (TPSA) is 276 Å². The highest BCUT2D eigenvalue weighted by Gasteiger charge is 2.33. The average molecular weight is 670 g/mol. The van der Waals surface area contributed by atoms with Gasteiger partial charge in [-0.25, -0.2) is 0 Å². The van der Waals surface area contributed by atoms with Crippen molar-refractivity contribution in [3.63, 3.8) is 0 Å². The summed E-state index contributed by atoms with van der Waals surface area (Å²) in [6.07, 6.45) is 5.39. The van der Waals surface area contributed by atoms with Gasteiger partial charge in [0.2, 0.25) is 35.4 Å². The minimum absolute atomic E-state index is 0.0326. The normalized spacial score (nSPS) is 20.6. The summed E-state index contributed by atoms with van der Waals surface area (Å²) in [5.74, 6) is -3.71. The van der Waals surface area contributed by atoms with Gasteiger partial charge >= 0.3 is 5.97 Å². The number of nitrogens with two attached hydrogens (primary N) is 2. The van der Waals surface area contributed by atoms with Gasteiger partial charge in [-0.3, -0.25) is 38.6 Å². The van der Waals surface area contributed by atoms with Crippen molar-refractivity contribution in [2.75, 3.05) is 19.6 Å². The summed E-state index contributed by atoms with van der Waals surface area (Å²) in [6, 6.07) is 3.41. The number of unbranched alkanes of at least 4 members (excludes halogenated alkanes) is 1. The number of terminal acetylenes is 1. The average Bonchev–Trinajstić information content (AvgIpc) is 3.03. The van der Waals surface area contributed by atoms with Crippen LogP contribution in [-0.4, -0.2) is 96.3 Å². The number of benzene rings is 1. The van der Waals surface area contributed by atoms with E-state index in [1.54, 1.807) is 30.3 Å². The maximum atomic E-state index is 13.7. The van der Waals surface area contributed by atoms with Crippen molar-refractivity contribution in [1.29, 1.82) is 0 Å². The summed E-state index contributed by atoms with van der Waals surface area (Å²) in [5, 5.41) is 24.5. The van der Waals surface area contributed by atoms with E-state index in [1.165, 1.54) is 0 Å². The zero-order chi connectivity index (χ0) is 35.5. The van der Waals surface area contributed by atoms with Gasteiger partial charge < -0.3 is 48.5 Å². The van der Waals surface area contributed by atoms with Gasteiger partial charge in [-0.15, -0.1) is 6.42 Å². The van der Waals surface area contributed by atoms with Gasteiger partial charge in [-0.05, 0) is 37.7 Å². The second-order valence-corrected chi connectivity index (χ2v) is 11.0. The molecule has 0 saturated carbocycles. The minimum atomic E-state index is -1.58. The molecule has 0 spiro atoms. The quantitative estimate of drug-likeness (QED) is 0.0423. The molecule has 1 saturated heterocycles. The number of nitrogens with zero attached hydrogens (tertiary/aromatic N) is 1. The molecule has 17 heteroatoms. The maximum absolute atomic E-state index is 13.7. The molecule has 0 aliphatic carbocycles. The minimum Gasteiger partial charge on any atom is -0.481 e. The standard InChI is InChI=1S/C31H43N9O8/c1-2-9-24(41)34-14-7-6-12-21-28(46)38-20(13-8-15-35-31(32)33)27(45)36-18-25(42)37-23(17-26(43)44)30(48)40-22(29(47)39-21)16-19-10-4-3-5-11-19/h1,3-5,10-11,20-23H,6-9,12-18H2,(H,34,41)(H,36,45)(H,37,42)(H,38,46)(H,39,47)(H,40,48)(H,43,44)(H4,32,33,35)/t20-,21+,22+,23+/m1/s1. The van der Waals surface area contributed by atoms with Gasteiger partial charge in [-0.1, -0.05) is 36.3 Å². The summed E-state index contributed by atoms with van der Waals surface area (Å²) < 4.78 is 0. The van der Waals surface area contributed by atoms with Gasteiger partial charge in [-0.2, -0.15) is 0 Å². The van der Waals surface area contributed by atoms with Crippen LogP contribution < -0.4 is 43.4 Å². The molecule has 1 heterocycles. The Morgan fingerprint density at radius 1 is 0.854 bits per heavy atom. The number of hydrogen-bond donors (Lipinski definition) is 9. The highest BCUT2D eigenvalue weighted by Crippen LogP contribution is 2.09. The van der Waals surface area contributed by atoms with E-state index >= 15 is 0 Å². The molecule has 1 aliphatic rings. The Balaban J connectivity index is 2.41. The number of amides is 6. The summed E-state index contributed by atoms with van der Waals surface area (Å²) in [6.45, 7) is -0.237. The van der Waals surface area contributed by atoms with Crippen molar-refractivity contribution in [2.45, 2.75) is 75.5 Å². The molecule has 6 amide bonds. The Bertz CT molecular complexity index is 1380. The van der Waals surface area contributed by atoms with Crippen LogP contribution in [-0.2, 0) is 40.0 Å². The number of rotatable bonds is 14. The predicted octanol–water partition coefficient (Wildman–Crippen LogP) is -2.86. The highest BCUT2D eigenvalue weighted by atomic mass is 16.4. The monoisotopic (exact) mass is 669 g/mol. The second kappa shape index (κ2) is 20.5. The maximum Gasteiger partial charge on any atom is 0.305 e. The third-order valence-electron chi connectivity index (χ3n) is 7.08. The van der Waals surface area contributed by atoms with Gasteiger partial charge in [0.25, 0.3) is 0 Å². The van der Waals surface area contributed by atoms with Crippen LogP contribution in [0.1, 0.15) is 50.5 Å². The Morgan fingerprint density at radius 2 is 1.46 bits per heavy atom.